The van der Waals surface area contributed by atoms with Crippen LogP contribution in [0.5, 0.6) is 0 Å². The highest BCUT2D eigenvalue weighted by molar-refractivity contribution is 6.11. The minimum atomic E-state index is 0.358. The van der Waals surface area contributed by atoms with Crippen molar-refractivity contribution in [2.75, 3.05) is 0 Å². The molecule has 4 saturated carbocycles. The number of hydrogen-bond donors (Lipinski definition) is 0. The summed E-state index contributed by atoms with van der Waals surface area (Å²) in [5.41, 5.74) is 9.71. The van der Waals surface area contributed by atoms with Crippen molar-refractivity contribution in [1.82, 2.24) is 19.5 Å². The Morgan fingerprint density at radius 3 is 1.81 bits per heavy atom. The summed E-state index contributed by atoms with van der Waals surface area (Å²) in [6.07, 6.45) is 8.46. The molecule has 0 amide bonds. The second-order valence-electron chi connectivity index (χ2n) is 17.5. The molecule has 4 aliphatic carbocycles. The topological polar surface area (TPSA) is 56.7 Å². The molecule has 278 valence electrons. The summed E-state index contributed by atoms with van der Waals surface area (Å²) in [4.78, 5) is 16.0. The third-order valence-electron chi connectivity index (χ3n) is 14.0. The van der Waals surface area contributed by atoms with Crippen LogP contribution >= 0.6 is 0 Å². The molecule has 0 atom stereocenters. The Kier molecular flexibility index (Phi) is 6.84. The molecule has 4 fully saturated rings. The second kappa shape index (κ2) is 12.2. The van der Waals surface area contributed by atoms with E-state index < -0.39 is 0 Å². The van der Waals surface area contributed by atoms with Crippen LogP contribution in [0.4, 0.5) is 0 Å². The molecular formula is C53H40N4O. The fourth-order valence-electron chi connectivity index (χ4n) is 11.8. The number of rotatable bonds is 5. The normalized spacial score (nSPS) is 21.3. The third-order valence-corrected chi connectivity index (χ3v) is 14.0. The van der Waals surface area contributed by atoms with Gasteiger partial charge in [-0.05, 0) is 126 Å². The lowest BCUT2D eigenvalue weighted by Crippen LogP contribution is -2.48. The van der Waals surface area contributed by atoms with Gasteiger partial charge in [0, 0.05) is 27.1 Å². The zero-order valence-electron chi connectivity index (χ0n) is 32.1. The molecule has 7 aromatic carbocycles. The van der Waals surface area contributed by atoms with Crippen LogP contribution < -0.4 is 0 Å². The summed E-state index contributed by atoms with van der Waals surface area (Å²) in [7, 11) is 0. The van der Waals surface area contributed by atoms with Gasteiger partial charge in [-0.1, -0.05) is 115 Å². The van der Waals surface area contributed by atoms with E-state index in [1.807, 2.05) is 6.07 Å². The van der Waals surface area contributed by atoms with E-state index in [9.17, 15) is 0 Å². The summed E-state index contributed by atoms with van der Waals surface area (Å²) >= 11 is 0. The van der Waals surface area contributed by atoms with Crippen LogP contribution in [0, 0.1) is 17.8 Å². The smallest absolute Gasteiger partial charge is 0.238 e. The van der Waals surface area contributed by atoms with Gasteiger partial charge in [0.05, 0.1) is 16.6 Å². The number of fused-ring (bicyclic) bond motifs is 7. The molecule has 3 heterocycles. The van der Waals surface area contributed by atoms with E-state index in [1.165, 1.54) is 49.5 Å². The third kappa shape index (κ3) is 4.92. The van der Waals surface area contributed by atoms with Crippen molar-refractivity contribution in [3.63, 3.8) is 0 Å². The number of para-hydroxylation sites is 3. The molecule has 0 aliphatic heterocycles. The maximum absolute atomic E-state index is 6.75. The number of aromatic nitrogens is 4. The van der Waals surface area contributed by atoms with Crippen LogP contribution in [0.25, 0.3) is 94.4 Å². The minimum absolute atomic E-state index is 0.358. The van der Waals surface area contributed by atoms with E-state index in [4.69, 9.17) is 19.4 Å². The van der Waals surface area contributed by atoms with E-state index in [1.54, 1.807) is 5.56 Å². The molecule has 0 N–H and O–H groups in total. The number of furan rings is 1. The van der Waals surface area contributed by atoms with Crippen LogP contribution in [-0.4, -0.2) is 19.5 Å². The zero-order valence-corrected chi connectivity index (χ0v) is 32.1. The predicted molar refractivity (Wildman–Crippen MR) is 235 cm³/mol. The van der Waals surface area contributed by atoms with E-state index >= 15 is 0 Å². The highest BCUT2D eigenvalue weighted by Gasteiger charge is 2.51. The molecule has 4 bridgehead atoms. The highest BCUT2D eigenvalue weighted by Crippen LogP contribution is 2.60. The Morgan fingerprint density at radius 2 is 1.09 bits per heavy atom. The van der Waals surface area contributed by atoms with Crippen LogP contribution in [0.3, 0.4) is 0 Å². The van der Waals surface area contributed by atoms with Crippen LogP contribution in [-0.2, 0) is 5.41 Å². The maximum atomic E-state index is 6.75. The van der Waals surface area contributed by atoms with E-state index in [-0.39, 0.29) is 0 Å². The van der Waals surface area contributed by atoms with Crippen LogP contribution in [0.1, 0.15) is 44.1 Å². The summed E-state index contributed by atoms with van der Waals surface area (Å²) in [5, 5.41) is 6.77. The Balaban J connectivity index is 1.04. The minimum Gasteiger partial charge on any atom is -0.455 e. The largest absolute Gasteiger partial charge is 0.455 e. The first-order chi connectivity index (χ1) is 28.6. The molecule has 0 saturated heterocycles. The van der Waals surface area contributed by atoms with Gasteiger partial charge in [0.15, 0.2) is 11.6 Å². The van der Waals surface area contributed by atoms with Gasteiger partial charge in [-0.15, -0.1) is 0 Å². The molecule has 3 aromatic heterocycles. The summed E-state index contributed by atoms with van der Waals surface area (Å²) in [6, 6.07) is 54.4. The fraction of sp³-hybridized carbons (Fsp3) is 0.189. The molecule has 5 heteroatoms. The molecule has 0 unspecified atom stereocenters. The van der Waals surface area contributed by atoms with E-state index in [0.717, 1.165) is 83.6 Å². The molecule has 14 rings (SSSR count). The van der Waals surface area contributed by atoms with Gasteiger partial charge in [-0.25, -0.2) is 4.98 Å². The van der Waals surface area contributed by atoms with Crippen molar-refractivity contribution in [3.8, 4) is 39.9 Å². The lowest BCUT2D eigenvalue weighted by molar-refractivity contribution is -0.00518. The van der Waals surface area contributed by atoms with Gasteiger partial charge in [-0.2, -0.15) is 9.97 Å². The Bertz CT molecular complexity index is 3190. The van der Waals surface area contributed by atoms with Gasteiger partial charge in [0.1, 0.15) is 11.2 Å². The Hall–Kier alpha value is -6.59. The SMILES string of the molecule is c1ccc2cc(-c3nc(-c4cc(-c5ccc(C67CC8CC(CC(C8)C6)C7)cc5)cc5c4oc4ccccc45)nc(-n4c5ccccc5c5ccccc54)n3)ccc2c1. The van der Waals surface area contributed by atoms with Gasteiger partial charge in [-0.3, -0.25) is 4.57 Å². The lowest BCUT2D eigenvalue weighted by atomic mass is 9.48. The number of benzene rings is 7. The van der Waals surface area contributed by atoms with E-state index in [2.05, 4.69) is 150 Å². The summed E-state index contributed by atoms with van der Waals surface area (Å²) < 4.78 is 8.94. The molecule has 10 aromatic rings. The van der Waals surface area contributed by atoms with Gasteiger partial charge < -0.3 is 4.42 Å². The van der Waals surface area contributed by atoms with Crippen molar-refractivity contribution in [3.05, 3.63) is 157 Å². The molecular weight excluding hydrogens is 709 g/mol. The van der Waals surface area contributed by atoms with E-state index in [0.29, 0.717) is 23.0 Å². The highest BCUT2D eigenvalue weighted by atomic mass is 16.3. The standard InChI is InChI=1S/C53H40N4O/c1-2-10-37-26-38(18-17-35(37)9-1)50-54-51(56-52(55-50)57-46-14-6-3-11-41(46)42-12-4-7-15-47(42)57)45-28-39(27-44-43-13-5-8-16-48(43)58-49(44)45)36-19-21-40(22-20-36)53-29-32-23-33(30-53)25-34(24-32)31-53/h1-22,26-28,32-34H,23-25,29-31H2. The number of hydrogen-bond acceptors (Lipinski definition) is 4. The van der Waals surface area contributed by atoms with Crippen molar-refractivity contribution >= 4 is 54.5 Å². The summed E-state index contributed by atoms with van der Waals surface area (Å²) in [6.45, 7) is 0. The predicted octanol–water partition coefficient (Wildman–Crippen LogP) is 13.5. The average molecular weight is 749 g/mol. The van der Waals surface area contributed by atoms with Crippen molar-refractivity contribution < 1.29 is 4.42 Å². The van der Waals surface area contributed by atoms with Gasteiger partial charge in [0.2, 0.25) is 5.95 Å². The van der Waals surface area contributed by atoms with Crippen LogP contribution in [0.2, 0.25) is 0 Å². The first-order valence-corrected chi connectivity index (χ1v) is 20.9. The van der Waals surface area contributed by atoms with Crippen molar-refractivity contribution in [2.24, 2.45) is 17.8 Å². The molecule has 58 heavy (non-hydrogen) atoms. The first kappa shape index (κ1) is 32.5. The molecule has 4 aliphatic rings. The molecule has 0 radical (unpaired) electrons. The van der Waals surface area contributed by atoms with Gasteiger partial charge in [0.25, 0.3) is 0 Å². The monoisotopic (exact) mass is 748 g/mol. The molecule has 0 spiro atoms. The van der Waals surface area contributed by atoms with Gasteiger partial charge >= 0.3 is 0 Å². The zero-order chi connectivity index (χ0) is 38.0. The second-order valence-corrected chi connectivity index (χ2v) is 17.5. The van der Waals surface area contributed by atoms with Crippen molar-refractivity contribution in [1.29, 1.82) is 0 Å². The van der Waals surface area contributed by atoms with Crippen LogP contribution in [0.15, 0.2) is 156 Å². The Labute approximate surface area is 336 Å². The quantitative estimate of drug-likeness (QED) is 0.176. The average Bonchev–Trinajstić information content (AvgIpc) is 3.81. The van der Waals surface area contributed by atoms with Crippen molar-refractivity contribution in [2.45, 2.75) is 43.9 Å². The molecule has 5 nitrogen and oxygen atoms in total. The maximum Gasteiger partial charge on any atom is 0.238 e. The lowest BCUT2D eigenvalue weighted by Gasteiger charge is -2.57. The number of nitrogens with zero attached hydrogens (tertiary/aromatic N) is 4. The summed E-state index contributed by atoms with van der Waals surface area (Å²) in [5.74, 6) is 4.50. The Morgan fingerprint density at radius 1 is 0.483 bits per heavy atom. The first-order valence-electron chi connectivity index (χ1n) is 20.9. The fourth-order valence-corrected chi connectivity index (χ4v) is 11.8.